The van der Waals surface area contributed by atoms with E-state index in [9.17, 15) is 18.4 Å². The van der Waals surface area contributed by atoms with Gasteiger partial charge in [0.2, 0.25) is 11.8 Å². The highest BCUT2D eigenvalue weighted by atomic mass is 19.1. The van der Waals surface area contributed by atoms with Crippen LogP contribution in [0.3, 0.4) is 0 Å². The van der Waals surface area contributed by atoms with Crippen molar-refractivity contribution in [3.05, 3.63) is 58.7 Å². The predicted molar refractivity (Wildman–Crippen MR) is 114 cm³/mol. The van der Waals surface area contributed by atoms with Gasteiger partial charge in [-0.3, -0.25) is 9.59 Å². The molecule has 3 aliphatic rings. The van der Waals surface area contributed by atoms with Gasteiger partial charge in [-0.25, -0.2) is 8.78 Å². The van der Waals surface area contributed by atoms with Crippen LogP contribution in [0.25, 0.3) is 0 Å². The lowest BCUT2D eigenvalue weighted by molar-refractivity contribution is -0.130. The van der Waals surface area contributed by atoms with E-state index >= 15 is 0 Å². The summed E-state index contributed by atoms with van der Waals surface area (Å²) in [5, 5.41) is 5.91. The lowest BCUT2D eigenvalue weighted by atomic mass is 9.85. The molecule has 2 aromatic rings. The van der Waals surface area contributed by atoms with Crippen molar-refractivity contribution in [2.24, 2.45) is 0 Å². The molecule has 3 atom stereocenters. The number of carbonyl (C=O) groups is 2. The minimum atomic E-state index is -0.606. The van der Waals surface area contributed by atoms with Crippen LogP contribution in [0, 0.1) is 18.6 Å². The second kappa shape index (κ2) is 7.62. The summed E-state index contributed by atoms with van der Waals surface area (Å²) < 4.78 is 28.5. The summed E-state index contributed by atoms with van der Waals surface area (Å²) in [5.41, 5.74) is 3.31. The number of carbonyl (C=O) groups excluding carboxylic acids is 2. The maximum absolute atomic E-state index is 14.4. The maximum atomic E-state index is 14.4. The Morgan fingerprint density at radius 3 is 2.84 bits per heavy atom. The van der Waals surface area contributed by atoms with Gasteiger partial charge in [-0.05, 0) is 67.5 Å². The van der Waals surface area contributed by atoms with Crippen LogP contribution in [0.2, 0.25) is 0 Å². The van der Waals surface area contributed by atoms with E-state index in [4.69, 9.17) is 0 Å². The normalized spacial score (nSPS) is 24.5. The molecule has 1 unspecified atom stereocenters. The molecule has 0 aromatic heterocycles. The standard InChI is InChI=1S/C24H25F2N3O2/c1-13-2-4-20(26)19-12-21(28-23(13)19)24(31)27-17-9-15(8-16(25)11-17)14-6-7-29-18(10-14)3-5-22(29)30/h2,4,8-9,11,14,18,21,28H,3,5-7,10,12H2,1H3,(H,27,31)/t14-,18-,21?/m0/s1. The fraction of sp³-hybridized carbons (Fsp3) is 0.417. The monoisotopic (exact) mass is 425 g/mol. The number of nitrogens with zero attached hydrogens (tertiary/aromatic N) is 1. The van der Waals surface area contributed by atoms with E-state index in [1.54, 1.807) is 6.07 Å². The topological polar surface area (TPSA) is 61.4 Å². The number of piperidine rings is 1. The summed E-state index contributed by atoms with van der Waals surface area (Å²) in [4.78, 5) is 26.7. The highest BCUT2D eigenvalue weighted by Crippen LogP contribution is 2.38. The number of hydrogen-bond acceptors (Lipinski definition) is 3. The van der Waals surface area contributed by atoms with Crippen LogP contribution in [-0.2, 0) is 16.0 Å². The number of nitrogens with one attached hydrogen (secondary N) is 2. The van der Waals surface area contributed by atoms with Crippen molar-refractivity contribution in [1.82, 2.24) is 4.90 Å². The fourth-order valence-electron chi connectivity index (χ4n) is 5.27. The Balaban J connectivity index is 1.30. The molecule has 0 aliphatic carbocycles. The van der Waals surface area contributed by atoms with E-state index in [2.05, 4.69) is 10.6 Å². The number of amides is 2. The van der Waals surface area contributed by atoms with Gasteiger partial charge in [0, 0.05) is 42.4 Å². The molecule has 3 heterocycles. The second-order valence-corrected chi connectivity index (χ2v) is 8.88. The molecule has 5 rings (SSSR count). The number of benzene rings is 2. The highest BCUT2D eigenvalue weighted by Gasteiger charge is 2.37. The van der Waals surface area contributed by atoms with E-state index in [1.165, 1.54) is 18.2 Å². The molecule has 2 amide bonds. The summed E-state index contributed by atoms with van der Waals surface area (Å²) in [6.07, 6.45) is 3.32. The van der Waals surface area contributed by atoms with E-state index in [-0.39, 0.29) is 36.0 Å². The van der Waals surface area contributed by atoms with Crippen molar-refractivity contribution in [3.63, 3.8) is 0 Å². The molecule has 2 aromatic carbocycles. The Morgan fingerprint density at radius 2 is 2.03 bits per heavy atom. The van der Waals surface area contributed by atoms with Gasteiger partial charge in [-0.15, -0.1) is 0 Å². The zero-order valence-electron chi connectivity index (χ0n) is 17.4. The predicted octanol–water partition coefficient (Wildman–Crippen LogP) is 4.12. The molecule has 0 radical (unpaired) electrons. The van der Waals surface area contributed by atoms with E-state index in [0.717, 1.165) is 30.4 Å². The van der Waals surface area contributed by atoms with Gasteiger partial charge in [-0.2, -0.15) is 0 Å². The molecule has 2 fully saturated rings. The Hall–Kier alpha value is -2.96. The number of halogens is 2. The highest BCUT2D eigenvalue weighted by molar-refractivity contribution is 5.98. The van der Waals surface area contributed by atoms with Gasteiger partial charge in [0.25, 0.3) is 0 Å². The van der Waals surface area contributed by atoms with Crippen LogP contribution >= 0.6 is 0 Å². The molecular weight excluding hydrogens is 400 g/mol. The first-order valence-corrected chi connectivity index (χ1v) is 10.8. The van der Waals surface area contributed by atoms with Gasteiger partial charge < -0.3 is 15.5 Å². The molecule has 2 saturated heterocycles. The van der Waals surface area contributed by atoms with Gasteiger partial charge in [0.05, 0.1) is 0 Å². The molecule has 3 aliphatic heterocycles. The number of fused-ring (bicyclic) bond motifs is 2. The van der Waals surface area contributed by atoms with Crippen LogP contribution in [0.4, 0.5) is 20.2 Å². The lowest BCUT2D eigenvalue weighted by Crippen LogP contribution is -2.39. The minimum Gasteiger partial charge on any atom is -0.373 e. The summed E-state index contributed by atoms with van der Waals surface area (Å²) in [6, 6.07) is 7.38. The Labute approximate surface area is 179 Å². The van der Waals surface area contributed by atoms with Crippen LogP contribution < -0.4 is 10.6 Å². The average Bonchev–Trinajstić information content (AvgIpc) is 3.35. The zero-order valence-corrected chi connectivity index (χ0v) is 17.4. The molecule has 162 valence electrons. The molecule has 31 heavy (non-hydrogen) atoms. The first kappa shape index (κ1) is 20.0. The van der Waals surface area contributed by atoms with Crippen LogP contribution in [0.5, 0.6) is 0 Å². The number of aryl methyl sites for hydroxylation is 1. The first-order chi connectivity index (χ1) is 14.9. The average molecular weight is 425 g/mol. The first-order valence-electron chi connectivity index (χ1n) is 10.8. The third-order valence-corrected chi connectivity index (χ3v) is 6.89. The van der Waals surface area contributed by atoms with E-state index in [1.807, 2.05) is 17.9 Å². The lowest BCUT2D eigenvalue weighted by Gasteiger charge is -2.35. The molecule has 2 N–H and O–H groups in total. The largest absolute Gasteiger partial charge is 0.373 e. The van der Waals surface area contributed by atoms with Gasteiger partial charge in [-0.1, -0.05) is 6.07 Å². The number of rotatable bonds is 3. The Bertz CT molecular complexity index is 1040. The minimum absolute atomic E-state index is 0.157. The molecular formula is C24H25F2N3O2. The van der Waals surface area contributed by atoms with E-state index < -0.39 is 11.9 Å². The van der Waals surface area contributed by atoms with Gasteiger partial charge >= 0.3 is 0 Å². The Kier molecular flexibility index (Phi) is 4.91. The number of hydrogen-bond donors (Lipinski definition) is 2. The third-order valence-electron chi connectivity index (χ3n) is 6.89. The van der Waals surface area contributed by atoms with Crippen molar-refractivity contribution in [2.75, 3.05) is 17.2 Å². The quantitative estimate of drug-likeness (QED) is 0.778. The summed E-state index contributed by atoms with van der Waals surface area (Å²) in [7, 11) is 0. The second-order valence-electron chi connectivity index (χ2n) is 8.88. The molecule has 0 saturated carbocycles. The van der Waals surface area contributed by atoms with Crippen LogP contribution in [0.1, 0.15) is 48.3 Å². The molecule has 5 nitrogen and oxygen atoms in total. The SMILES string of the molecule is Cc1ccc(F)c2c1NC(C(=O)Nc1cc(F)cc([C@H]3CCN4C(=O)CC[C@H]4C3)c1)C2. The van der Waals surface area contributed by atoms with Crippen molar-refractivity contribution >= 4 is 23.2 Å². The fourth-order valence-corrected chi connectivity index (χ4v) is 5.27. The van der Waals surface area contributed by atoms with Crippen molar-refractivity contribution in [2.45, 2.75) is 57.0 Å². The summed E-state index contributed by atoms with van der Waals surface area (Å²) in [6.45, 7) is 2.56. The smallest absolute Gasteiger partial charge is 0.247 e. The molecule has 7 heteroatoms. The molecule has 0 bridgehead atoms. The van der Waals surface area contributed by atoms with Crippen molar-refractivity contribution in [1.29, 1.82) is 0 Å². The number of anilines is 2. The maximum Gasteiger partial charge on any atom is 0.247 e. The Morgan fingerprint density at radius 1 is 1.19 bits per heavy atom. The van der Waals surface area contributed by atoms with Crippen LogP contribution in [-0.4, -0.2) is 35.3 Å². The summed E-state index contributed by atoms with van der Waals surface area (Å²) >= 11 is 0. The van der Waals surface area contributed by atoms with Crippen LogP contribution in [0.15, 0.2) is 30.3 Å². The zero-order chi connectivity index (χ0) is 21.7. The van der Waals surface area contributed by atoms with Gasteiger partial charge in [0.15, 0.2) is 0 Å². The van der Waals surface area contributed by atoms with Crippen molar-refractivity contribution < 1.29 is 18.4 Å². The van der Waals surface area contributed by atoms with E-state index in [0.29, 0.717) is 29.9 Å². The van der Waals surface area contributed by atoms with Crippen molar-refractivity contribution in [3.8, 4) is 0 Å². The third kappa shape index (κ3) is 3.66. The van der Waals surface area contributed by atoms with Gasteiger partial charge in [0.1, 0.15) is 17.7 Å². The summed E-state index contributed by atoms with van der Waals surface area (Å²) in [5.74, 6) is -0.672. The molecule has 0 spiro atoms.